The van der Waals surface area contributed by atoms with Gasteiger partial charge in [-0.15, -0.1) is 0 Å². The van der Waals surface area contributed by atoms with Crippen molar-refractivity contribution in [2.75, 3.05) is 5.32 Å². The summed E-state index contributed by atoms with van der Waals surface area (Å²) in [7, 11) is 0. The van der Waals surface area contributed by atoms with E-state index in [2.05, 4.69) is 40.3 Å². The van der Waals surface area contributed by atoms with Crippen LogP contribution in [-0.2, 0) is 0 Å². The van der Waals surface area contributed by atoms with Crippen LogP contribution in [0.25, 0.3) is 0 Å². The lowest BCUT2D eigenvalue weighted by Crippen LogP contribution is -2.07. The smallest absolute Gasteiger partial charge is 0.121 e. The summed E-state index contributed by atoms with van der Waals surface area (Å²) in [5.41, 5.74) is 4.20. The van der Waals surface area contributed by atoms with Crippen LogP contribution in [-0.4, -0.2) is 5.11 Å². The van der Waals surface area contributed by atoms with Gasteiger partial charge in [0.15, 0.2) is 0 Å². The SMILES string of the molecule is Cc1cc(Br)cc(NC(C)c2ccc(C)cc2O)c1. The first-order chi connectivity index (χ1) is 8.95. The van der Waals surface area contributed by atoms with E-state index >= 15 is 0 Å². The fourth-order valence-electron chi connectivity index (χ4n) is 2.17. The number of hydrogen-bond acceptors (Lipinski definition) is 2. The fourth-order valence-corrected chi connectivity index (χ4v) is 2.77. The number of phenols is 1. The van der Waals surface area contributed by atoms with Crippen LogP contribution in [0.4, 0.5) is 5.69 Å². The zero-order chi connectivity index (χ0) is 14.0. The van der Waals surface area contributed by atoms with Crippen molar-refractivity contribution in [2.45, 2.75) is 26.8 Å². The molecule has 0 spiro atoms. The van der Waals surface area contributed by atoms with Crippen LogP contribution in [0.5, 0.6) is 5.75 Å². The quantitative estimate of drug-likeness (QED) is 0.839. The van der Waals surface area contributed by atoms with E-state index in [0.717, 1.165) is 21.3 Å². The Morgan fingerprint density at radius 1 is 1.05 bits per heavy atom. The highest BCUT2D eigenvalue weighted by Gasteiger charge is 2.10. The zero-order valence-corrected chi connectivity index (χ0v) is 13.0. The molecule has 0 fully saturated rings. The summed E-state index contributed by atoms with van der Waals surface area (Å²) in [6.45, 7) is 6.07. The topological polar surface area (TPSA) is 32.3 Å². The molecule has 0 saturated carbocycles. The van der Waals surface area contributed by atoms with Gasteiger partial charge in [0.2, 0.25) is 0 Å². The van der Waals surface area contributed by atoms with E-state index in [0.29, 0.717) is 5.75 Å². The van der Waals surface area contributed by atoms with Crippen LogP contribution in [0.3, 0.4) is 0 Å². The molecular weight excluding hydrogens is 302 g/mol. The molecule has 19 heavy (non-hydrogen) atoms. The zero-order valence-electron chi connectivity index (χ0n) is 11.4. The second kappa shape index (κ2) is 5.66. The monoisotopic (exact) mass is 319 g/mol. The highest BCUT2D eigenvalue weighted by molar-refractivity contribution is 9.10. The van der Waals surface area contributed by atoms with Gasteiger partial charge in [-0.3, -0.25) is 0 Å². The Labute approximate surface area is 122 Å². The van der Waals surface area contributed by atoms with Crippen molar-refractivity contribution in [2.24, 2.45) is 0 Å². The second-order valence-electron chi connectivity index (χ2n) is 4.95. The Bertz CT molecular complexity index is 575. The summed E-state index contributed by atoms with van der Waals surface area (Å²) >= 11 is 3.49. The second-order valence-corrected chi connectivity index (χ2v) is 5.86. The van der Waals surface area contributed by atoms with Crippen LogP contribution >= 0.6 is 15.9 Å². The minimum absolute atomic E-state index is 0.0503. The maximum Gasteiger partial charge on any atom is 0.121 e. The van der Waals surface area contributed by atoms with Crippen LogP contribution in [0.1, 0.15) is 29.7 Å². The van der Waals surface area contributed by atoms with Crippen molar-refractivity contribution < 1.29 is 5.11 Å². The predicted octanol–water partition coefficient (Wildman–Crippen LogP) is 4.94. The molecule has 0 aliphatic rings. The Hall–Kier alpha value is -1.48. The van der Waals surface area contributed by atoms with Crippen molar-refractivity contribution in [1.29, 1.82) is 0 Å². The third-order valence-electron chi connectivity index (χ3n) is 3.08. The highest BCUT2D eigenvalue weighted by atomic mass is 79.9. The minimum Gasteiger partial charge on any atom is -0.508 e. The number of benzene rings is 2. The van der Waals surface area contributed by atoms with Crippen LogP contribution in [0, 0.1) is 13.8 Å². The standard InChI is InChI=1S/C16H18BrNO/c1-10-4-5-15(16(19)8-10)12(3)18-14-7-11(2)6-13(17)9-14/h4-9,12,18-19H,1-3H3. The molecule has 1 atom stereocenters. The summed E-state index contributed by atoms with van der Waals surface area (Å²) in [6, 6.07) is 12.0. The number of aromatic hydroxyl groups is 1. The minimum atomic E-state index is 0.0503. The Morgan fingerprint density at radius 2 is 1.79 bits per heavy atom. The molecule has 0 bridgehead atoms. The van der Waals surface area contributed by atoms with E-state index in [1.165, 1.54) is 5.56 Å². The number of hydrogen-bond donors (Lipinski definition) is 2. The molecule has 2 nitrogen and oxygen atoms in total. The van der Waals surface area contributed by atoms with Crippen molar-refractivity contribution in [3.05, 3.63) is 57.6 Å². The molecular formula is C16H18BrNO. The van der Waals surface area contributed by atoms with Gasteiger partial charge in [-0.25, -0.2) is 0 Å². The van der Waals surface area contributed by atoms with Gasteiger partial charge < -0.3 is 10.4 Å². The van der Waals surface area contributed by atoms with Gasteiger partial charge in [-0.2, -0.15) is 0 Å². The number of rotatable bonds is 3. The summed E-state index contributed by atoms with van der Waals surface area (Å²) in [5.74, 6) is 0.340. The van der Waals surface area contributed by atoms with Crippen molar-refractivity contribution in [1.82, 2.24) is 0 Å². The summed E-state index contributed by atoms with van der Waals surface area (Å²) in [5, 5.41) is 13.4. The first kappa shape index (κ1) is 13.9. The van der Waals surface area contributed by atoms with Crippen LogP contribution in [0.15, 0.2) is 40.9 Å². The Balaban J connectivity index is 2.22. The van der Waals surface area contributed by atoms with E-state index < -0.39 is 0 Å². The summed E-state index contributed by atoms with van der Waals surface area (Å²) in [6.07, 6.45) is 0. The van der Waals surface area contributed by atoms with Gasteiger partial charge in [0.1, 0.15) is 5.75 Å². The molecule has 2 N–H and O–H groups in total. The molecule has 2 aromatic rings. The molecule has 0 aromatic heterocycles. The van der Waals surface area contributed by atoms with E-state index in [4.69, 9.17) is 0 Å². The van der Waals surface area contributed by atoms with Gasteiger partial charge in [0.25, 0.3) is 0 Å². The molecule has 0 amide bonds. The van der Waals surface area contributed by atoms with Crippen molar-refractivity contribution in [3.63, 3.8) is 0 Å². The van der Waals surface area contributed by atoms with Gasteiger partial charge in [0, 0.05) is 15.7 Å². The average Bonchev–Trinajstić information content (AvgIpc) is 2.26. The third-order valence-corrected chi connectivity index (χ3v) is 3.54. The molecule has 0 radical (unpaired) electrons. The maximum atomic E-state index is 10.00. The average molecular weight is 320 g/mol. The normalized spacial score (nSPS) is 12.2. The summed E-state index contributed by atoms with van der Waals surface area (Å²) < 4.78 is 1.05. The van der Waals surface area contributed by atoms with Crippen molar-refractivity contribution >= 4 is 21.6 Å². The Kier molecular flexibility index (Phi) is 4.15. The predicted molar refractivity (Wildman–Crippen MR) is 83.8 cm³/mol. The Morgan fingerprint density at radius 3 is 2.42 bits per heavy atom. The molecule has 100 valence electrons. The molecule has 0 saturated heterocycles. The number of halogens is 1. The summed E-state index contributed by atoms with van der Waals surface area (Å²) in [4.78, 5) is 0. The van der Waals surface area contributed by atoms with Crippen molar-refractivity contribution in [3.8, 4) is 5.75 Å². The lowest BCUT2D eigenvalue weighted by atomic mass is 10.0. The molecule has 1 unspecified atom stereocenters. The molecule has 2 rings (SSSR count). The van der Waals surface area contributed by atoms with Crippen LogP contribution < -0.4 is 5.32 Å². The largest absolute Gasteiger partial charge is 0.508 e. The van der Waals surface area contributed by atoms with Gasteiger partial charge in [-0.1, -0.05) is 28.1 Å². The van der Waals surface area contributed by atoms with Crippen LogP contribution in [0.2, 0.25) is 0 Å². The third kappa shape index (κ3) is 3.51. The van der Waals surface area contributed by atoms with Gasteiger partial charge >= 0.3 is 0 Å². The van der Waals surface area contributed by atoms with E-state index in [-0.39, 0.29) is 6.04 Å². The molecule has 3 heteroatoms. The number of aryl methyl sites for hydroxylation is 2. The van der Waals surface area contributed by atoms with Gasteiger partial charge in [-0.05, 0) is 56.2 Å². The molecule has 2 aromatic carbocycles. The molecule has 0 aliphatic carbocycles. The van der Waals surface area contributed by atoms with Gasteiger partial charge in [0.05, 0.1) is 6.04 Å². The van der Waals surface area contributed by atoms with E-state index in [1.807, 2.05) is 32.0 Å². The lowest BCUT2D eigenvalue weighted by Gasteiger charge is -2.18. The molecule has 0 heterocycles. The highest BCUT2D eigenvalue weighted by Crippen LogP contribution is 2.29. The first-order valence-electron chi connectivity index (χ1n) is 6.29. The number of nitrogens with one attached hydrogen (secondary N) is 1. The maximum absolute atomic E-state index is 10.00. The first-order valence-corrected chi connectivity index (χ1v) is 7.08. The molecule has 0 aliphatic heterocycles. The van der Waals surface area contributed by atoms with E-state index in [9.17, 15) is 5.11 Å². The number of phenolic OH excluding ortho intramolecular Hbond substituents is 1. The fraction of sp³-hybridized carbons (Fsp3) is 0.250. The van der Waals surface area contributed by atoms with E-state index in [1.54, 1.807) is 6.07 Å². The lowest BCUT2D eigenvalue weighted by molar-refractivity contribution is 0.465. The number of anilines is 1.